The molecule has 0 unspecified atom stereocenters. The first-order valence-corrected chi connectivity index (χ1v) is 9.26. The third kappa shape index (κ3) is 3.85. The molecule has 2 N–H and O–H groups in total. The number of fused-ring (bicyclic) bond motifs is 1. The van der Waals surface area contributed by atoms with Crippen molar-refractivity contribution in [2.75, 3.05) is 11.1 Å². The van der Waals surface area contributed by atoms with Crippen molar-refractivity contribution in [2.45, 2.75) is 25.3 Å². The number of nitrogens with zero attached hydrogens (tertiary/aromatic N) is 2. The number of aromatic nitrogens is 2. The van der Waals surface area contributed by atoms with Gasteiger partial charge in [0.15, 0.2) is 0 Å². The zero-order valence-corrected chi connectivity index (χ0v) is 15.0. The lowest BCUT2D eigenvalue weighted by atomic mass is 10.2. The highest BCUT2D eigenvalue weighted by Crippen LogP contribution is 2.30. The third-order valence-electron chi connectivity index (χ3n) is 3.47. The van der Waals surface area contributed by atoms with Gasteiger partial charge in [-0.2, -0.15) is 0 Å². The fourth-order valence-electron chi connectivity index (χ4n) is 2.31. The van der Waals surface area contributed by atoms with E-state index in [0.717, 1.165) is 26.5 Å². The van der Waals surface area contributed by atoms with E-state index in [-0.39, 0.29) is 11.7 Å². The summed E-state index contributed by atoms with van der Waals surface area (Å²) in [6.45, 7) is 3.90. The minimum absolute atomic E-state index is 0.0527. The fourth-order valence-corrected chi connectivity index (χ4v) is 4.14. The summed E-state index contributed by atoms with van der Waals surface area (Å²) in [6.07, 6.45) is 1.96. The lowest BCUT2D eigenvalue weighted by molar-refractivity contribution is -0.115. The van der Waals surface area contributed by atoms with Crippen LogP contribution in [0.25, 0.3) is 10.2 Å². The van der Waals surface area contributed by atoms with Gasteiger partial charge in [-0.05, 0) is 43.7 Å². The Morgan fingerprint density at radius 2 is 2.12 bits per heavy atom. The van der Waals surface area contributed by atoms with Crippen LogP contribution < -0.4 is 5.32 Å². The van der Waals surface area contributed by atoms with Gasteiger partial charge >= 0.3 is 0 Å². The molecular formula is C17H17N3O2S2. The highest BCUT2D eigenvalue weighted by molar-refractivity contribution is 7.99. The molecule has 124 valence electrons. The van der Waals surface area contributed by atoms with Crippen LogP contribution in [0.5, 0.6) is 5.75 Å². The smallest absolute Gasteiger partial charge is 0.225 e. The van der Waals surface area contributed by atoms with Crippen LogP contribution in [0.15, 0.2) is 35.6 Å². The first kappa shape index (κ1) is 16.7. The molecule has 0 spiro atoms. The van der Waals surface area contributed by atoms with Gasteiger partial charge in [-0.3, -0.25) is 4.79 Å². The molecule has 24 heavy (non-hydrogen) atoms. The maximum absolute atomic E-state index is 12.1. The van der Waals surface area contributed by atoms with E-state index in [1.807, 2.05) is 13.8 Å². The fraction of sp³-hybridized carbons (Fsp3) is 0.235. The lowest BCUT2D eigenvalue weighted by Crippen LogP contribution is -2.13. The molecule has 0 bridgehead atoms. The number of hydrogen-bond acceptors (Lipinski definition) is 6. The van der Waals surface area contributed by atoms with Crippen LogP contribution in [-0.2, 0) is 4.79 Å². The molecular weight excluding hydrogens is 342 g/mol. The Morgan fingerprint density at radius 3 is 2.92 bits per heavy atom. The number of amides is 1. The second kappa shape index (κ2) is 7.19. The van der Waals surface area contributed by atoms with Crippen LogP contribution in [0.3, 0.4) is 0 Å². The summed E-state index contributed by atoms with van der Waals surface area (Å²) >= 11 is 3.21. The van der Waals surface area contributed by atoms with Gasteiger partial charge in [0.25, 0.3) is 0 Å². The minimum Gasteiger partial charge on any atom is -0.508 e. The number of rotatable bonds is 5. The number of anilines is 1. The highest BCUT2D eigenvalue weighted by Gasteiger charge is 2.10. The van der Waals surface area contributed by atoms with Crippen molar-refractivity contribution in [3.8, 4) is 5.75 Å². The molecule has 0 aliphatic rings. The van der Waals surface area contributed by atoms with Gasteiger partial charge in [0.1, 0.15) is 21.9 Å². The SMILES string of the molecule is Cc1cc2c(SCCC(=O)Nc3ccc(O)cc3C)ncnc2s1. The first-order chi connectivity index (χ1) is 11.5. The summed E-state index contributed by atoms with van der Waals surface area (Å²) in [5, 5.41) is 14.2. The monoisotopic (exact) mass is 359 g/mol. The van der Waals surface area contributed by atoms with Gasteiger partial charge in [0, 0.05) is 28.1 Å². The number of thiophene rings is 1. The molecule has 0 aliphatic carbocycles. The summed E-state index contributed by atoms with van der Waals surface area (Å²) in [4.78, 5) is 22.9. The number of carbonyl (C=O) groups excluding carboxylic acids is 1. The molecule has 0 radical (unpaired) electrons. The predicted molar refractivity (Wildman–Crippen MR) is 99.0 cm³/mol. The van der Waals surface area contributed by atoms with Crippen molar-refractivity contribution in [3.05, 3.63) is 41.0 Å². The van der Waals surface area contributed by atoms with Crippen molar-refractivity contribution in [2.24, 2.45) is 0 Å². The summed E-state index contributed by atoms with van der Waals surface area (Å²) < 4.78 is 0. The molecule has 5 nitrogen and oxygen atoms in total. The van der Waals surface area contributed by atoms with E-state index in [4.69, 9.17) is 0 Å². The van der Waals surface area contributed by atoms with E-state index in [1.54, 1.807) is 47.6 Å². The topological polar surface area (TPSA) is 75.1 Å². The molecule has 0 atom stereocenters. The van der Waals surface area contributed by atoms with Crippen molar-refractivity contribution < 1.29 is 9.90 Å². The largest absolute Gasteiger partial charge is 0.508 e. The Morgan fingerprint density at radius 1 is 1.29 bits per heavy atom. The molecule has 0 fully saturated rings. The Balaban J connectivity index is 1.58. The molecule has 0 aliphatic heterocycles. The van der Waals surface area contributed by atoms with Crippen molar-refractivity contribution in [3.63, 3.8) is 0 Å². The standard InChI is InChI=1S/C17H17N3O2S2/c1-10-7-12(21)3-4-14(10)20-15(22)5-6-23-16-13-8-11(2)24-17(13)19-9-18-16/h3-4,7-9,21H,5-6H2,1-2H3,(H,20,22). The van der Waals surface area contributed by atoms with E-state index in [9.17, 15) is 9.90 Å². The average Bonchev–Trinajstić information content (AvgIpc) is 2.91. The molecule has 0 saturated carbocycles. The van der Waals surface area contributed by atoms with Crippen LogP contribution in [0.2, 0.25) is 0 Å². The maximum atomic E-state index is 12.1. The molecule has 0 saturated heterocycles. The van der Waals surface area contributed by atoms with E-state index in [0.29, 0.717) is 12.2 Å². The quantitative estimate of drug-likeness (QED) is 0.407. The van der Waals surface area contributed by atoms with Gasteiger partial charge in [0.05, 0.1) is 0 Å². The highest BCUT2D eigenvalue weighted by atomic mass is 32.2. The van der Waals surface area contributed by atoms with Gasteiger partial charge in [0.2, 0.25) is 5.91 Å². The number of benzene rings is 1. The number of nitrogens with one attached hydrogen (secondary N) is 1. The van der Waals surface area contributed by atoms with Gasteiger partial charge in [-0.1, -0.05) is 0 Å². The summed E-state index contributed by atoms with van der Waals surface area (Å²) in [7, 11) is 0. The molecule has 3 aromatic rings. The van der Waals surface area contributed by atoms with Crippen LogP contribution >= 0.6 is 23.1 Å². The van der Waals surface area contributed by atoms with Crippen LogP contribution in [-0.4, -0.2) is 26.7 Å². The number of aryl methyl sites for hydroxylation is 2. The Kier molecular flexibility index (Phi) is 5.01. The van der Waals surface area contributed by atoms with Crippen LogP contribution in [0.1, 0.15) is 16.9 Å². The molecule has 3 rings (SSSR count). The lowest BCUT2D eigenvalue weighted by Gasteiger charge is -2.08. The minimum atomic E-state index is -0.0527. The van der Waals surface area contributed by atoms with E-state index in [2.05, 4.69) is 21.4 Å². The van der Waals surface area contributed by atoms with E-state index >= 15 is 0 Å². The molecule has 2 aromatic heterocycles. The number of thioether (sulfide) groups is 1. The number of carbonyl (C=O) groups is 1. The van der Waals surface area contributed by atoms with Crippen LogP contribution in [0.4, 0.5) is 5.69 Å². The number of aromatic hydroxyl groups is 1. The number of phenols is 1. The van der Waals surface area contributed by atoms with E-state index < -0.39 is 0 Å². The van der Waals surface area contributed by atoms with Gasteiger partial charge in [-0.15, -0.1) is 23.1 Å². The molecule has 2 heterocycles. The Labute approximate surface area is 148 Å². The van der Waals surface area contributed by atoms with Crippen molar-refractivity contribution in [1.82, 2.24) is 9.97 Å². The zero-order chi connectivity index (χ0) is 17.1. The van der Waals surface area contributed by atoms with Crippen LogP contribution in [0, 0.1) is 13.8 Å². The molecule has 1 aromatic carbocycles. The van der Waals surface area contributed by atoms with E-state index in [1.165, 1.54) is 4.88 Å². The van der Waals surface area contributed by atoms with Gasteiger partial charge < -0.3 is 10.4 Å². The van der Waals surface area contributed by atoms with Crippen molar-refractivity contribution >= 4 is 44.9 Å². The van der Waals surface area contributed by atoms with Crippen molar-refractivity contribution in [1.29, 1.82) is 0 Å². The average molecular weight is 359 g/mol. The zero-order valence-electron chi connectivity index (χ0n) is 13.4. The Bertz CT molecular complexity index is 893. The second-order valence-electron chi connectivity index (χ2n) is 5.40. The maximum Gasteiger partial charge on any atom is 0.225 e. The summed E-state index contributed by atoms with van der Waals surface area (Å²) in [6, 6.07) is 6.98. The third-order valence-corrected chi connectivity index (χ3v) is 5.43. The number of hydrogen-bond donors (Lipinski definition) is 2. The predicted octanol–water partition coefficient (Wildman–Crippen LogP) is 4.13. The first-order valence-electron chi connectivity index (χ1n) is 7.46. The number of phenolic OH excluding ortho intramolecular Hbond substituents is 1. The second-order valence-corrected chi connectivity index (χ2v) is 7.72. The normalized spacial score (nSPS) is 10.9. The van der Waals surface area contributed by atoms with Gasteiger partial charge in [-0.25, -0.2) is 9.97 Å². The molecule has 7 heteroatoms. The summed E-state index contributed by atoms with van der Waals surface area (Å²) in [5.41, 5.74) is 1.56. The summed E-state index contributed by atoms with van der Waals surface area (Å²) in [5.74, 6) is 0.784. The Hall–Kier alpha value is -2.12. The molecule has 1 amide bonds.